The van der Waals surface area contributed by atoms with E-state index in [2.05, 4.69) is 10.3 Å². The van der Waals surface area contributed by atoms with Crippen molar-refractivity contribution in [1.82, 2.24) is 4.98 Å². The number of carbonyl (C=O) groups is 2. The summed E-state index contributed by atoms with van der Waals surface area (Å²) < 4.78 is 0. The summed E-state index contributed by atoms with van der Waals surface area (Å²) in [6.07, 6.45) is 4.05. The second-order valence-electron chi connectivity index (χ2n) is 5.42. The molecule has 3 heterocycles. The van der Waals surface area contributed by atoms with E-state index in [1.54, 1.807) is 41.6 Å². The van der Waals surface area contributed by atoms with E-state index in [0.717, 1.165) is 10.6 Å². The van der Waals surface area contributed by atoms with Crippen molar-refractivity contribution in [2.75, 3.05) is 10.2 Å². The fourth-order valence-corrected chi connectivity index (χ4v) is 4.55. The van der Waals surface area contributed by atoms with Gasteiger partial charge >= 0.3 is 0 Å². The fraction of sp³-hybridized carbons (Fsp3) is 0.188. The third-order valence-corrected chi connectivity index (χ3v) is 5.73. The molecule has 0 bridgehead atoms. The van der Waals surface area contributed by atoms with Crippen molar-refractivity contribution in [3.05, 3.63) is 47.7 Å². The number of nitrogens with zero attached hydrogens (tertiary/aromatic N) is 2. The molecule has 1 saturated heterocycles. The lowest BCUT2D eigenvalue weighted by Crippen LogP contribution is -2.49. The van der Waals surface area contributed by atoms with Crippen molar-refractivity contribution in [3.63, 3.8) is 0 Å². The summed E-state index contributed by atoms with van der Waals surface area (Å²) in [6, 6.07) is 8.82. The molecule has 1 aromatic heterocycles. The molecule has 0 radical (unpaired) electrons. The van der Waals surface area contributed by atoms with E-state index in [-0.39, 0.29) is 11.8 Å². The molecular formula is C16H12ClN3O2S. The van der Waals surface area contributed by atoms with Crippen molar-refractivity contribution in [1.29, 1.82) is 0 Å². The molecule has 2 aliphatic rings. The first-order chi connectivity index (χ1) is 11.1. The monoisotopic (exact) mass is 345 g/mol. The van der Waals surface area contributed by atoms with Gasteiger partial charge in [-0.05, 0) is 36.8 Å². The van der Waals surface area contributed by atoms with E-state index >= 15 is 0 Å². The summed E-state index contributed by atoms with van der Waals surface area (Å²) in [7, 11) is 0. The SMILES string of the molecule is O=C1CCC2(C(=O)Nc3ccncc3)Sc3ccc(Cl)cc3N12. The minimum Gasteiger partial charge on any atom is -0.323 e. The van der Waals surface area contributed by atoms with E-state index in [0.29, 0.717) is 23.6 Å². The smallest absolute Gasteiger partial charge is 0.261 e. The Labute approximate surface area is 142 Å². The van der Waals surface area contributed by atoms with E-state index < -0.39 is 4.87 Å². The van der Waals surface area contributed by atoms with Crippen LogP contribution >= 0.6 is 23.4 Å². The number of amides is 2. The molecule has 0 aliphatic carbocycles. The van der Waals surface area contributed by atoms with Crippen LogP contribution in [0.4, 0.5) is 11.4 Å². The number of aromatic nitrogens is 1. The highest BCUT2D eigenvalue weighted by Crippen LogP contribution is 2.56. The molecule has 23 heavy (non-hydrogen) atoms. The molecule has 116 valence electrons. The minimum atomic E-state index is -0.937. The maximum absolute atomic E-state index is 12.9. The van der Waals surface area contributed by atoms with Gasteiger partial charge in [0.2, 0.25) is 5.91 Å². The lowest BCUT2D eigenvalue weighted by atomic mass is 10.1. The molecule has 1 atom stereocenters. The standard InChI is InChI=1S/C16H12ClN3O2S/c17-10-1-2-13-12(9-10)20-14(21)3-6-16(20,23-13)15(22)19-11-4-7-18-8-5-11/h1-2,4-5,7-9H,3,6H2,(H,18,19,22). The highest BCUT2D eigenvalue weighted by molar-refractivity contribution is 8.02. The lowest BCUT2D eigenvalue weighted by molar-refractivity contribution is -0.121. The van der Waals surface area contributed by atoms with Gasteiger partial charge in [0.1, 0.15) is 0 Å². The third-order valence-electron chi connectivity index (χ3n) is 4.02. The van der Waals surface area contributed by atoms with E-state index in [9.17, 15) is 9.59 Å². The first-order valence-corrected chi connectivity index (χ1v) is 8.33. The second kappa shape index (κ2) is 5.25. The van der Waals surface area contributed by atoms with Crippen molar-refractivity contribution in [2.24, 2.45) is 0 Å². The van der Waals surface area contributed by atoms with Crippen LogP contribution < -0.4 is 10.2 Å². The van der Waals surface area contributed by atoms with Crippen LogP contribution in [0.3, 0.4) is 0 Å². The lowest BCUT2D eigenvalue weighted by Gasteiger charge is -2.29. The van der Waals surface area contributed by atoms with Gasteiger partial charge in [-0.15, -0.1) is 0 Å². The largest absolute Gasteiger partial charge is 0.323 e. The number of nitrogens with one attached hydrogen (secondary N) is 1. The predicted molar refractivity (Wildman–Crippen MR) is 89.6 cm³/mol. The van der Waals surface area contributed by atoms with Crippen molar-refractivity contribution in [2.45, 2.75) is 22.6 Å². The number of thioether (sulfide) groups is 1. The topological polar surface area (TPSA) is 62.3 Å². The molecule has 1 fully saturated rings. The summed E-state index contributed by atoms with van der Waals surface area (Å²) in [5.74, 6) is -0.254. The molecule has 1 N–H and O–H groups in total. The molecule has 1 unspecified atom stereocenters. The molecule has 2 aliphatic heterocycles. The summed E-state index contributed by atoms with van der Waals surface area (Å²) in [5, 5.41) is 3.44. The number of carbonyl (C=O) groups excluding carboxylic acids is 2. The average Bonchev–Trinajstić information content (AvgIpc) is 3.05. The number of fused-ring (bicyclic) bond motifs is 3. The van der Waals surface area contributed by atoms with Crippen LogP contribution in [0.25, 0.3) is 0 Å². The number of hydrogen-bond donors (Lipinski definition) is 1. The first kappa shape index (κ1) is 14.5. The molecule has 0 saturated carbocycles. The van der Waals surface area contributed by atoms with Gasteiger partial charge in [-0.3, -0.25) is 19.5 Å². The van der Waals surface area contributed by atoms with Crippen LogP contribution in [-0.4, -0.2) is 21.7 Å². The zero-order chi connectivity index (χ0) is 16.0. The van der Waals surface area contributed by atoms with Crippen molar-refractivity contribution < 1.29 is 9.59 Å². The van der Waals surface area contributed by atoms with Gasteiger partial charge in [0, 0.05) is 34.4 Å². The Bertz CT molecular complexity index is 814. The minimum absolute atomic E-state index is 0.0524. The Hall–Kier alpha value is -2.05. The maximum Gasteiger partial charge on any atom is 0.261 e. The molecule has 7 heteroatoms. The summed E-state index contributed by atoms with van der Waals surface area (Å²) >= 11 is 7.47. The summed E-state index contributed by atoms with van der Waals surface area (Å²) in [5.41, 5.74) is 1.38. The Balaban J connectivity index is 1.72. The third kappa shape index (κ3) is 2.21. The molecule has 2 amide bonds. The Morgan fingerprint density at radius 2 is 2.09 bits per heavy atom. The number of pyridine rings is 1. The number of anilines is 2. The zero-order valence-corrected chi connectivity index (χ0v) is 13.5. The van der Waals surface area contributed by atoms with Gasteiger partial charge in [-0.25, -0.2) is 0 Å². The van der Waals surface area contributed by atoms with Crippen LogP contribution in [0.2, 0.25) is 5.02 Å². The average molecular weight is 346 g/mol. The highest BCUT2D eigenvalue weighted by atomic mass is 35.5. The van der Waals surface area contributed by atoms with Crippen LogP contribution in [-0.2, 0) is 9.59 Å². The van der Waals surface area contributed by atoms with Gasteiger partial charge in [-0.2, -0.15) is 0 Å². The Morgan fingerprint density at radius 3 is 2.87 bits per heavy atom. The number of halogens is 1. The number of hydrogen-bond acceptors (Lipinski definition) is 4. The van der Waals surface area contributed by atoms with Gasteiger partial charge in [0.15, 0.2) is 4.87 Å². The second-order valence-corrected chi connectivity index (χ2v) is 7.17. The summed E-state index contributed by atoms with van der Waals surface area (Å²) in [4.78, 5) is 30.8. The predicted octanol–water partition coefficient (Wildman–Crippen LogP) is 3.30. The van der Waals surface area contributed by atoms with Gasteiger partial charge in [0.25, 0.3) is 5.91 Å². The van der Waals surface area contributed by atoms with Crippen LogP contribution in [0.1, 0.15) is 12.8 Å². The Kier molecular flexibility index (Phi) is 3.32. The van der Waals surface area contributed by atoms with E-state index in [4.69, 9.17) is 11.6 Å². The number of benzene rings is 1. The maximum atomic E-state index is 12.9. The van der Waals surface area contributed by atoms with Gasteiger partial charge in [0.05, 0.1) is 5.69 Å². The van der Waals surface area contributed by atoms with E-state index in [1.807, 2.05) is 6.07 Å². The van der Waals surface area contributed by atoms with Crippen LogP contribution in [0, 0.1) is 0 Å². The van der Waals surface area contributed by atoms with Gasteiger partial charge in [-0.1, -0.05) is 23.4 Å². The van der Waals surface area contributed by atoms with Crippen LogP contribution in [0.5, 0.6) is 0 Å². The first-order valence-electron chi connectivity index (χ1n) is 7.13. The molecule has 0 spiro atoms. The highest BCUT2D eigenvalue weighted by Gasteiger charge is 2.57. The molecule has 4 rings (SSSR count). The zero-order valence-electron chi connectivity index (χ0n) is 12.0. The van der Waals surface area contributed by atoms with Gasteiger partial charge < -0.3 is 5.32 Å². The molecular weight excluding hydrogens is 334 g/mol. The fourth-order valence-electron chi connectivity index (χ4n) is 2.99. The van der Waals surface area contributed by atoms with Crippen molar-refractivity contribution in [3.8, 4) is 0 Å². The quantitative estimate of drug-likeness (QED) is 0.907. The van der Waals surface area contributed by atoms with Crippen molar-refractivity contribution >= 4 is 46.6 Å². The van der Waals surface area contributed by atoms with E-state index in [1.165, 1.54) is 11.8 Å². The molecule has 2 aromatic rings. The normalized spacial score (nSPS) is 22.0. The Morgan fingerprint density at radius 1 is 1.30 bits per heavy atom. The number of rotatable bonds is 2. The molecule has 1 aromatic carbocycles. The molecule has 5 nitrogen and oxygen atoms in total. The summed E-state index contributed by atoms with van der Waals surface area (Å²) in [6.45, 7) is 0. The van der Waals surface area contributed by atoms with Crippen LogP contribution in [0.15, 0.2) is 47.6 Å².